The number of hydrogen-bond acceptors (Lipinski definition) is 6. The van der Waals surface area contributed by atoms with Gasteiger partial charge in [-0.2, -0.15) is 0 Å². The number of fused-ring (bicyclic) bond motifs is 1. The Morgan fingerprint density at radius 2 is 1.59 bits per heavy atom. The molecule has 0 aliphatic carbocycles. The van der Waals surface area contributed by atoms with Crippen molar-refractivity contribution >= 4 is 27.5 Å². The minimum absolute atomic E-state index is 0.0692. The van der Waals surface area contributed by atoms with Crippen molar-refractivity contribution in [3.05, 3.63) is 84.2 Å². The molecule has 0 saturated heterocycles. The number of ether oxygens (including phenoxy) is 2. The van der Waals surface area contributed by atoms with Gasteiger partial charge in [-0.3, -0.25) is 13.9 Å². The van der Waals surface area contributed by atoms with E-state index in [-0.39, 0.29) is 35.4 Å². The molecule has 2 amide bonds. The summed E-state index contributed by atoms with van der Waals surface area (Å²) in [4.78, 5) is 28.3. The van der Waals surface area contributed by atoms with Crippen molar-refractivity contribution in [2.24, 2.45) is 0 Å². The van der Waals surface area contributed by atoms with Crippen LogP contribution in [0, 0.1) is 5.82 Å². The number of sulfonamides is 1. The second kappa shape index (κ2) is 12.2. The number of nitrogens with zero attached hydrogens (tertiary/aromatic N) is 2. The maximum atomic E-state index is 14.0. The predicted octanol–water partition coefficient (Wildman–Crippen LogP) is 4.12. The third kappa shape index (κ3) is 7.35. The standard InChI is InChI=1S/C30H34FN3O6S/c1-21(29(36)32-30(2,3)4)33(19-22-8-6-5-7-9-22)28(35)20-34(24-12-10-23(31)11-13-24)41(37,38)25-14-15-26-27(18-25)40-17-16-39-26/h5-15,18,21H,16-17,19-20H2,1-4H3,(H,32,36). The topological polar surface area (TPSA) is 105 Å². The Morgan fingerprint density at radius 3 is 2.22 bits per heavy atom. The van der Waals surface area contributed by atoms with E-state index in [4.69, 9.17) is 9.47 Å². The van der Waals surface area contributed by atoms with E-state index in [9.17, 15) is 22.4 Å². The number of rotatable bonds is 9. The van der Waals surface area contributed by atoms with Crippen LogP contribution in [0.3, 0.4) is 0 Å². The summed E-state index contributed by atoms with van der Waals surface area (Å²) in [5.41, 5.74) is 0.300. The zero-order chi connectivity index (χ0) is 29.8. The van der Waals surface area contributed by atoms with Gasteiger partial charge in [0.2, 0.25) is 11.8 Å². The van der Waals surface area contributed by atoms with Crippen LogP contribution in [0.25, 0.3) is 0 Å². The summed E-state index contributed by atoms with van der Waals surface area (Å²) in [5.74, 6) is -0.885. The zero-order valence-electron chi connectivity index (χ0n) is 23.5. The quantitative estimate of drug-likeness (QED) is 0.406. The van der Waals surface area contributed by atoms with E-state index in [0.29, 0.717) is 12.4 Å². The molecule has 4 rings (SSSR count). The number of carbonyl (C=O) groups is 2. The average Bonchev–Trinajstić information content (AvgIpc) is 2.94. The molecule has 1 heterocycles. The molecular formula is C30H34FN3O6S. The normalized spacial score (nSPS) is 13.7. The summed E-state index contributed by atoms with van der Waals surface area (Å²) in [6.45, 7) is 7.13. The van der Waals surface area contributed by atoms with Crippen molar-refractivity contribution in [1.29, 1.82) is 0 Å². The highest BCUT2D eigenvalue weighted by molar-refractivity contribution is 7.92. The van der Waals surface area contributed by atoms with Crippen molar-refractivity contribution in [2.75, 3.05) is 24.1 Å². The van der Waals surface area contributed by atoms with E-state index in [0.717, 1.165) is 22.0 Å². The van der Waals surface area contributed by atoms with Gasteiger partial charge in [-0.15, -0.1) is 0 Å². The molecule has 1 N–H and O–H groups in total. The van der Waals surface area contributed by atoms with E-state index in [2.05, 4.69) is 5.32 Å². The second-order valence-corrected chi connectivity index (χ2v) is 12.6. The maximum Gasteiger partial charge on any atom is 0.264 e. The average molecular weight is 584 g/mol. The minimum atomic E-state index is -4.35. The molecule has 41 heavy (non-hydrogen) atoms. The zero-order valence-corrected chi connectivity index (χ0v) is 24.3. The third-order valence-corrected chi connectivity index (χ3v) is 8.13. The molecule has 0 aromatic heterocycles. The van der Waals surface area contributed by atoms with Crippen molar-refractivity contribution in [3.63, 3.8) is 0 Å². The van der Waals surface area contributed by atoms with Crippen LogP contribution >= 0.6 is 0 Å². The highest BCUT2D eigenvalue weighted by atomic mass is 32.2. The van der Waals surface area contributed by atoms with Crippen molar-refractivity contribution < 1.29 is 31.9 Å². The van der Waals surface area contributed by atoms with Crippen LogP contribution in [0.15, 0.2) is 77.7 Å². The summed E-state index contributed by atoms with van der Waals surface area (Å²) in [6.07, 6.45) is 0. The van der Waals surface area contributed by atoms with Gasteiger partial charge < -0.3 is 19.7 Å². The molecule has 9 nitrogen and oxygen atoms in total. The first-order chi connectivity index (χ1) is 19.3. The highest BCUT2D eigenvalue weighted by Gasteiger charge is 2.34. The van der Waals surface area contributed by atoms with E-state index in [1.165, 1.54) is 35.2 Å². The molecule has 0 saturated carbocycles. The number of nitrogens with one attached hydrogen (secondary N) is 1. The van der Waals surface area contributed by atoms with E-state index in [1.807, 2.05) is 51.1 Å². The monoisotopic (exact) mass is 583 g/mol. The molecule has 3 aromatic carbocycles. The van der Waals surface area contributed by atoms with E-state index < -0.39 is 39.9 Å². The molecular weight excluding hydrogens is 549 g/mol. The minimum Gasteiger partial charge on any atom is -0.486 e. The van der Waals surface area contributed by atoms with Gasteiger partial charge in [-0.05, 0) is 69.7 Å². The molecule has 0 radical (unpaired) electrons. The Bertz CT molecular complexity index is 1490. The number of carbonyl (C=O) groups excluding carboxylic acids is 2. The van der Waals surface area contributed by atoms with Crippen LogP contribution in [0.4, 0.5) is 10.1 Å². The molecule has 11 heteroatoms. The summed E-state index contributed by atoms with van der Waals surface area (Å²) in [5, 5.41) is 2.88. The van der Waals surface area contributed by atoms with Crippen LogP contribution in [0.5, 0.6) is 11.5 Å². The van der Waals surface area contributed by atoms with Gasteiger partial charge in [-0.1, -0.05) is 30.3 Å². The lowest BCUT2D eigenvalue weighted by molar-refractivity contribution is -0.140. The Morgan fingerprint density at radius 1 is 0.951 bits per heavy atom. The van der Waals surface area contributed by atoms with E-state index >= 15 is 0 Å². The lowest BCUT2D eigenvalue weighted by atomic mass is 10.1. The van der Waals surface area contributed by atoms with Gasteiger partial charge in [0, 0.05) is 18.2 Å². The maximum absolute atomic E-state index is 14.0. The van der Waals surface area contributed by atoms with Crippen molar-refractivity contribution in [2.45, 2.75) is 50.7 Å². The molecule has 1 aliphatic rings. The van der Waals surface area contributed by atoms with Crippen molar-refractivity contribution in [3.8, 4) is 11.5 Å². The molecule has 0 spiro atoms. The van der Waals surface area contributed by atoms with E-state index in [1.54, 1.807) is 6.92 Å². The first kappa shape index (κ1) is 29.9. The fraction of sp³-hybridized carbons (Fsp3) is 0.333. The number of hydrogen-bond donors (Lipinski definition) is 1. The second-order valence-electron chi connectivity index (χ2n) is 10.7. The summed E-state index contributed by atoms with van der Waals surface area (Å²) in [6, 6.07) is 17.2. The highest BCUT2D eigenvalue weighted by Crippen LogP contribution is 2.34. The first-order valence-electron chi connectivity index (χ1n) is 13.2. The number of halogens is 1. The van der Waals surface area contributed by atoms with Gasteiger partial charge in [0.1, 0.15) is 31.6 Å². The van der Waals surface area contributed by atoms with Crippen LogP contribution in [-0.2, 0) is 26.2 Å². The molecule has 218 valence electrons. The van der Waals surface area contributed by atoms with Gasteiger partial charge in [-0.25, -0.2) is 12.8 Å². The fourth-order valence-corrected chi connectivity index (χ4v) is 5.71. The van der Waals surface area contributed by atoms with Crippen LogP contribution in [-0.4, -0.2) is 56.5 Å². The molecule has 1 atom stereocenters. The van der Waals surface area contributed by atoms with Gasteiger partial charge in [0.25, 0.3) is 10.0 Å². The SMILES string of the molecule is CC(C(=O)NC(C)(C)C)N(Cc1ccccc1)C(=O)CN(c1ccc(F)cc1)S(=O)(=O)c1ccc2c(c1)OCCO2. The molecule has 0 bridgehead atoms. The summed E-state index contributed by atoms with van der Waals surface area (Å²) in [7, 11) is -4.35. The Labute approximate surface area is 239 Å². The van der Waals surface area contributed by atoms with Crippen LogP contribution in [0.1, 0.15) is 33.3 Å². The molecule has 3 aromatic rings. The van der Waals surface area contributed by atoms with Crippen LogP contribution in [0.2, 0.25) is 0 Å². The fourth-order valence-electron chi connectivity index (χ4n) is 4.28. The lowest BCUT2D eigenvalue weighted by Crippen LogP contribution is -2.54. The van der Waals surface area contributed by atoms with Crippen molar-refractivity contribution in [1.82, 2.24) is 10.2 Å². The largest absolute Gasteiger partial charge is 0.486 e. The molecule has 1 unspecified atom stereocenters. The number of benzene rings is 3. The van der Waals surface area contributed by atoms with Crippen LogP contribution < -0.4 is 19.1 Å². The predicted molar refractivity (Wildman–Crippen MR) is 153 cm³/mol. The molecule has 1 aliphatic heterocycles. The summed E-state index contributed by atoms with van der Waals surface area (Å²) >= 11 is 0. The molecule has 0 fully saturated rings. The summed E-state index contributed by atoms with van der Waals surface area (Å²) < 4.78 is 53.8. The Kier molecular flexibility index (Phi) is 8.86. The Balaban J connectivity index is 1.72. The first-order valence-corrected chi connectivity index (χ1v) is 14.6. The smallest absolute Gasteiger partial charge is 0.264 e. The van der Waals surface area contributed by atoms with Gasteiger partial charge in [0.05, 0.1) is 10.6 Å². The Hall–Kier alpha value is -4.12. The number of amides is 2. The number of anilines is 1. The van der Waals surface area contributed by atoms with Gasteiger partial charge >= 0.3 is 0 Å². The lowest BCUT2D eigenvalue weighted by Gasteiger charge is -2.33. The van der Waals surface area contributed by atoms with Gasteiger partial charge in [0.15, 0.2) is 11.5 Å². The third-order valence-electron chi connectivity index (χ3n) is 6.36.